The van der Waals surface area contributed by atoms with Crippen molar-refractivity contribution in [1.29, 1.82) is 0 Å². The Morgan fingerprint density at radius 1 is 0.962 bits per heavy atom. The summed E-state index contributed by atoms with van der Waals surface area (Å²) in [5.41, 5.74) is 3.01. The third kappa shape index (κ3) is 5.47. The molecule has 0 spiro atoms. The summed E-state index contributed by atoms with van der Waals surface area (Å²) in [6, 6.07) is 15.5. The van der Waals surface area contributed by atoms with Gasteiger partial charge in [-0.15, -0.1) is 0 Å². The van der Waals surface area contributed by atoms with Crippen molar-refractivity contribution in [3.63, 3.8) is 0 Å². The maximum Gasteiger partial charge on any atom is 0.215 e. The van der Waals surface area contributed by atoms with Gasteiger partial charge in [0.25, 0.3) is 0 Å². The number of benzene rings is 2. The Balaban J connectivity index is 1.50. The van der Waals surface area contributed by atoms with Gasteiger partial charge in [-0.25, -0.2) is 13.1 Å². The molecule has 1 heterocycles. The zero-order valence-corrected chi connectivity index (χ0v) is 16.4. The third-order valence-corrected chi connectivity index (χ3v) is 6.40. The van der Waals surface area contributed by atoms with Gasteiger partial charge in [0.05, 0.1) is 5.75 Å². The highest BCUT2D eigenvalue weighted by Crippen LogP contribution is 2.20. The van der Waals surface area contributed by atoms with Crippen molar-refractivity contribution in [2.75, 3.05) is 24.5 Å². The van der Waals surface area contributed by atoms with E-state index in [-0.39, 0.29) is 5.75 Å². The molecule has 4 nitrogen and oxygen atoms in total. The lowest BCUT2D eigenvalue weighted by Gasteiger charge is -2.28. The van der Waals surface area contributed by atoms with Crippen LogP contribution >= 0.6 is 11.6 Å². The summed E-state index contributed by atoms with van der Waals surface area (Å²) in [6.07, 6.45) is 4.51. The zero-order chi connectivity index (χ0) is 18.4. The Morgan fingerprint density at radius 3 is 2.35 bits per heavy atom. The van der Waals surface area contributed by atoms with Crippen LogP contribution in [0.4, 0.5) is 5.69 Å². The van der Waals surface area contributed by atoms with Crippen molar-refractivity contribution in [2.45, 2.75) is 31.4 Å². The Hall–Kier alpha value is -1.56. The molecule has 0 bridgehead atoms. The number of hydrogen-bond acceptors (Lipinski definition) is 3. The summed E-state index contributed by atoms with van der Waals surface area (Å²) in [4.78, 5) is 2.42. The Kier molecular flexibility index (Phi) is 6.57. The number of anilines is 1. The number of nitrogens with zero attached hydrogens (tertiary/aromatic N) is 1. The molecular weight excluding hydrogens is 368 g/mol. The van der Waals surface area contributed by atoms with E-state index in [9.17, 15) is 8.42 Å². The van der Waals surface area contributed by atoms with Crippen molar-refractivity contribution in [3.05, 3.63) is 64.7 Å². The molecule has 1 aliphatic heterocycles. The van der Waals surface area contributed by atoms with Crippen LogP contribution in [0.2, 0.25) is 5.02 Å². The molecule has 0 amide bonds. The van der Waals surface area contributed by atoms with Gasteiger partial charge in [0, 0.05) is 30.3 Å². The number of hydrogen-bond donors (Lipinski definition) is 1. The first-order valence-electron chi connectivity index (χ1n) is 9.08. The lowest BCUT2D eigenvalue weighted by molar-refractivity contribution is 0.577. The van der Waals surface area contributed by atoms with Crippen molar-refractivity contribution in [3.8, 4) is 0 Å². The quantitative estimate of drug-likeness (QED) is 0.774. The van der Waals surface area contributed by atoms with E-state index < -0.39 is 10.0 Å². The number of halogens is 1. The van der Waals surface area contributed by atoms with Crippen molar-refractivity contribution in [2.24, 2.45) is 0 Å². The van der Waals surface area contributed by atoms with Gasteiger partial charge in [0.1, 0.15) is 0 Å². The average molecular weight is 393 g/mol. The predicted molar refractivity (Wildman–Crippen MR) is 108 cm³/mol. The van der Waals surface area contributed by atoms with Crippen LogP contribution < -0.4 is 9.62 Å². The molecule has 26 heavy (non-hydrogen) atoms. The highest BCUT2D eigenvalue weighted by atomic mass is 35.5. The lowest BCUT2D eigenvalue weighted by atomic mass is 10.1. The van der Waals surface area contributed by atoms with E-state index in [2.05, 4.69) is 33.9 Å². The molecule has 0 radical (unpaired) electrons. The molecule has 2 aromatic rings. The van der Waals surface area contributed by atoms with E-state index in [0.29, 0.717) is 23.6 Å². The second-order valence-corrected chi connectivity index (χ2v) is 8.92. The molecule has 1 saturated heterocycles. The topological polar surface area (TPSA) is 49.4 Å². The Labute approximate surface area is 161 Å². The number of piperidine rings is 1. The van der Waals surface area contributed by atoms with E-state index >= 15 is 0 Å². The normalized spacial score (nSPS) is 15.2. The third-order valence-electron chi connectivity index (χ3n) is 4.70. The molecule has 3 rings (SSSR count). The van der Waals surface area contributed by atoms with Crippen LogP contribution in [0.3, 0.4) is 0 Å². The van der Waals surface area contributed by atoms with Gasteiger partial charge in [0.15, 0.2) is 0 Å². The summed E-state index contributed by atoms with van der Waals surface area (Å²) in [5.74, 6) is -0.0967. The van der Waals surface area contributed by atoms with Crippen LogP contribution in [0.15, 0.2) is 48.5 Å². The molecule has 1 N–H and O–H groups in total. The first kappa shape index (κ1) is 19.2. The minimum absolute atomic E-state index is 0.0967. The maximum absolute atomic E-state index is 12.2. The standard InChI is InChI=1S/C20H25ClN2O2S/c21-20-7-3-2-6-18(20)16-26(24,25)22-13-12-17-8-10-19(11-9-17)23-14-4-1-5-15-23/h2-3,6-11,22H,1,4-5,12-16H2. The zero-order valence-electron chi connectivity index (χ0n) is 14.8. The van der Waals surface area contributed by atoms with Crippen LogP contribution in [0.1, 0.15) is 30.4 Å². The largest absolute Gasteiger partial charge is 0.372 e. The summed E-state index contributed by atoms with van der Waals surface area (Å²) >= 11 is 6.04. The Bertz CT molecular complexity index is 816. The number of sulfonamides is 1. The number of rotatable bonds is 7. The summed E-state index contributed by atoms with van der Waals surface area (Å²) < 4.78 is 27.1. The molecule has 0 saturated carbocycles. The minimum atomic E-state index is -3.40. The molecule has 0 atom stereocenters. The fourth-order valence-corrected chi connectivity index (χ4v) is 4.71. The van der Waals surface area contributed by atoms with Gasteiger partial charge in [-0.2, -0.15) is 0 Å². The van der Waals surface area contributed by atoms with E-state index in [4.69, 9.17) is 11.6 Å². The fraction of sp³-hybridized carbons (Fsp3) is 0.400. The monoisotopic (exact) mass is 392 g/mol. The van der Waals surface area contributed by atoms with Gasteiger partial charge in [-0.3, -0.25) is 0 Å². The highest BCUT2D eigenvalue weighted by molar-refractivity contribution is 7.88. The summed E-state index contributed by atoms with van der Waals surface area (Å²) in [5, 5.41) is 0.478. The van der Waals surface area contributed by atoms with E-state index in [1.165, 1.54) is 24.9 Å². The molecule has 1 fully saturated rings. The van der Waals surface area contributed by atoms with E-state index in [0.717, 1.165) is 18.7 Å². The van der Waals surface area contributed by atoms with Crippen LogP contribution in [-0.4, -0.2) is 28.1 Å². The molecule has 0 aliphatic carbocycles. The fourth-order valence-electron chi connectivity index (χ4n) is 3.25. The highest BCUT2D eigenvalue weighted by Gasteiger charge is 2.13. The molecule has 0 aromatic heterocycles. The van der Waals surface area contributed by atoms with Crippen LogP contribution in [0, 0.1) is 0 Å². The number of nitrogens with one attached hydrogen (secondary N) is 1. The lowest BCUT2D eigenvalue weighted by Crippen LogP contribution is -2.29. The van der Waals surface area contributed by atoms with Crippen LogP contribution in [-0.2, 0) is 22.2 Å². The van der Waals surface area contributed by atoms with Gasteiger partial charge in [-0.05, 0) is 55.0 Å². The molecule has 6 heteroatoms. The van der Waals surface area contributed by atoms with Crippen LogP contribution in [0.25, 0.3) is 0 Å². The summed E-state index contributed by atoms with van der Waals surface area (Å²) in [7, 11) is -3.40. The predicted octanol–water partition coefficient (Wildman–Crippen LogP) is 3.99. The molecule has 2 aromatic carbocycles. The maximum atomic E-state index is 12.2. The second-order valence-electron chi connectivity index (χ2n) is 6.71. The summed E-state index contributed by atoms with van der Waals surface area (Å²) in [6.45, 7) is 2.64. The first-order chi connectivity index (χ1) is 12.5. The van der Waals surface area contributed by atoms with Crippen molar-refractivity contribution < 1.29 is 8.42 Å². The van der Waals surface area contributed by atoms with Gasteiger partial charge in [0.2, 0.25) is 10.0 Å². The molecule has 1 aliphatic rings. The van der Waals surface area contributed by atoms with Crippen LogP contribution in [0.5, 0.6) is 0 Å². The van der Waals surface area contributed by atoms with Gasteiger partial charge >= 0.3 is 0 Å². The van der Waals surface area contributed by atoms with Gasteiger partial charge < -0.3 is 4.90 Å². The first-order valence-corrected chi connectivity index (χ1v) is 11.1. The average Bonchev–Trinajstić information content (AvgIpc) is 2.65. The SMILES string of the molecule is O=S(=O)(Cc1ccccc1Cl)NCCc1ccc(N2CCCCC2)cc1. The Morgan fingerprint density at radius 2 is 1.65 bits per heavy atom. The van der Waals surface area contributed by atoms with Gasteiger partial charge in [-0.1, -0.05) is 41.9 Å². The molecule has 0 unspecified atom stereocenters. The van der Waals surface area contributed by atoms with E-state index in [1.54, 1.807) is 24.3 Å². The van der Waals surface area contributed by atoms with Crippen molar-refractivity contribution in [1.82, 2.24) is 4.72 Å². The second kappa shape index (κ2) is 8.89. The smallest absolute Gasteiger partial charge is 0.215 e. The van der Waals surface area contributed by atoms with E-state index in [1.807, 2.05) is 0 Å². The minimum Gasteiger partial charge on any atom is -0.372 e. The molecule has 140 valence electrons. The van der Waals surface area contributed by atoms with Crippen molar-refractivity contribution >= 4 is 27.3 Å². The molecular formula is C20H25ClN2O2S.